The summed E-state index contributed by atoms with van der Waals surface area (Å²) >= 11 is 0. The highest BCUT2D eigenvalue weighted by Crippen LogP contribution is 2.20. The molecule has 2 heterocycles. The van der Waals surface area contributed by atoms with Gasteiger partial charge in [0.05, 0.1) is 12.6 Å². The number of nitrogens with one attached hydrogen (secondary N) is 1. The Balaban J connectivity index is 2.07. The van der Waals surface area contributed by atoms with Crippen molar-refractivity contribution >= 4 is 18.2 Å². The van der Waals surface area contributed by atoms with Crippen molar-refractivity contribution in [2.24, 2.45) is 0 Å². The normalized spacial score (nSPS) is 33.0. The van der Waals surface area contributed by atoms with E-state index in [4.69, 9.17) is 2.74 Å². The first-order valence-corrected chi connectivity index (χ1v) is 6.29. The van der Waals surface area contributed by atoms with Gasteiger partial charge < -0.3 is 10.1 Å². The highest BCUT2D eigenvalue weighted by Gasteiger charge is 2.37. The van der Waals surface area contributed by atoms with Crippen LogP contribution in [0.25, 0.3) is 0 Å². The van der Waals surface area contributed by atoms with Gasteiger partial charge in [0.2, 0.25) is 0 Å². The van der Waals surface area contributed by atoms with Crippen LogP contribution in [0.15, 0.2) is 0 Å². The Kier molecular flexibility index (Phi) is 3.55. The van der Waals surface area contributed by atoms with Crippen LogP contribution in [0, 0.1) is 0 Å². The van der Waals surface area contributed by atoms with Crippen LogP contribution in [-0.4, -0.2) is 72.4 Å². The van der Waals surface area contributed by atoms with E-state index in [0.717, 1.165) is 0 Å². The van der Waals surface area contributed by atoms with Crippen molar-refractivity contribution in [1.82, 2.24) is 20.2 Å². The van der Waals surface area contributed by atoms with Gasteiger partial charge in [0, 0.05) is 15.8 Å². The number of carbonyl (C=O) groups excluding carboxylic acids is 3. The predicted octanol–water partition coefficient (Wildman–Crippen LogP) is -0.562. The van der Waals surface area contributed by atoms with Gasteiger partial charge in [-0.25, -0.2) is 14.8 Å². The molecule has 19 heavy (non-hydrogen) atoms. The summed E-state index contributed by atoms with van der Waals surface area (Å²) < 4.78 is 15.5. The fourth-order valence-corrected chi connectivity index (χ4v) is 2.33. The van der Waals surface area contributed by atoms with Gasteiger partial charge in [0.1, 0.15) is 6.29 Å². The second-order valence-electron chi connectivity index (χ2n) is 4.62. The summed E-state index contributed by atoms with van der Waals surface area (Å²) in [5.74, 6) is -0.261. The molecule has 0 radical (unpaired) electrons. The first kappa shape index (κ1) is 11.2. The minimum Gasteiger partial charge on any atom is -0.330 e. The van der Waals surface area contributed by atoms with E-state index in [1.807, 2.05) is 0 Å². The molecule has 0 spiro atoms. The van der Waals surface area contributed by atoms with E-state index in [-0.39, 0.29) is 31.9 Å². The van der Waals surface area contributed by atoms with Gasteiger partial charge in [-0.05, 0) is 32.8 Å². The highest BCUT2D eigenvalue weighted by atomic mass is 16.2. The summed E-state index contributed by atoms with van der Waals surface area (Å²) in [6.45, 7) is 0.668. The molecule has 7 heteroatoms. The van der Waals surface area contributed by atoms with Crippen molar-refractivity contribution in [3.05, 3.63) is 0 Å². The first-order chi connectivity index (χ1) is 9.93. The molecule has 0 aromatic heterocycles. The zero-order valence-electron chi connectivity index (χ0n) is 12.9. The molecule has 2 saturated heterocycles. The number of urea groups is 1. The molecule has 0 aromatic rings. The summed E-state index contributed by atoms with van der Waals surface area (Å²) in [6, 6.07) is -0.979. The van der Waals surface area contributed by atoms with Gasteiger partial charge in [0.15, 0.2) is 0 Å². The summed E-state index contributed by atoms with van der Waals surface area (Å²) in [4.78, 5) is 36.6. The molecule has 0 aliphatic carbocycles. The maximum Gasteiger partial charge on any atom is 0.336 e. The summed E-state index contributed by atoms with van der Waals surface area (Å²) in [5, 5.41) is 4.85. The van der Waals surface area contributed by atoms with Crippen LogP contribution in [0.5, 0.6) is 0 Å². The van der Waals surface area contributed by atoms with Crippen molar-refractivity contribution in [3.63, 3.8) is 0 Å². The van der Waals surface area contributed by atoms with Crippen LogP contribution in [0.1, 0.15) is 22.0 Å². The average Bonchev–Trinajstić information content (AvgIpc) is 2.98. The van der Waals surface area contributed by atoms with Crippen molar-refractivity contribution in [3.8, 4) is 0 Å². The van der Waals surface area contributed by atoms with E-state index in [0.29, 0.717) is 19.3 Å². The Morgan fingerprint density at radius 2 is 2.05 bits per heavy atom. The van der Waals surface area contributed by atoms with Crippen LogP contribution in [-0.2, 0) is 9.59 Å². The number of likely N-dealkylation sites (tertiary alicyclic amines) is 1. The minimum atomic E-state index is -0.561. The van der Waals surface area contributed by atoms with E-state index < -0.39 is 18.5 Å². The molecule has 1 N–H and O–H groups in total. The molecule has 3 atom stereocenters. The third-order valence-electron chi connectivity index (χ3n) is 3.35. The molecule has 3 unspecified atom stereocenters. The average molecular weight is 272 g/mol. The lowest BCUT2D eigenvalue weighted by atomic mass is 10.2. The lowest BCUT2D eigenvalue weighted by Gasteiger charge is -2.31. The third-order valence-corrected chi connectivity index (χ3v) is 3.35. The molecule has 7 nitrogen and oxygen atoms in total. The first-order valence-electron chi connectivity index (χ1n) is 7.44. The lowest BCUT2D eigenvalue weighted by molar-refractivity contribution is -0.144. The second kappa shape index (κ2) is 6.01. The van der Waals surface area contributed by atoms with Crippen LogP contribution in [0.3, 0.4) is 0 Å². The van der Waals surface area contributed by atoms with Crippen LogP contribution in [0.2, 0.25) is 0 Å². The lowest BCUT2D eigenvalue weighted by Crippen LogP contribution is -2.53. The number of aldehydes is 1. The summed E-state index contributed by atoms with van der Waals surface area (Å²) in [7, 11) is 1.78. The van der Waals surface area contributed by atoms with Gasteiger partial charge in [-0.15, -0.1) is 0 Å². The van der Waals surface area contributed by atoms with Crippen LogP contribution < -0.4 is 5.32 Å². The third kappa shape index (κ3) is 2.86. The standard InChI is InChI=1S/C12H20N4O3/c1-14-6-2-4-10(14)11(18)15-7-3-8-16(15)12(19)13-5-9-17/h9-10H,2-8H2,1H3,(H,13,19)/i2T,3T. The van der Waals surface area contributed by atoms with Gasteiger partial charge >= 0.3 is 6.03 Å². The van der Waals surface area contributed by atoms with Crippen molar-refractivity contribution in [2.45, 2.75) is 25.3 Å². The number of carbonyl (C=O) groups is 3. The van der Waals surface area contributed by atoms with Crippen molar-refractivity contribution < 1.29 is 17.1 Å². The van der Waals surface area contributed by atoms with E-state index in [1.165, 1.54) is 10.0 Å². The van der Waals surface area contributed by atoms with Gasteiger partial charge in [-0.2, -0.15) is 0 Å². The maximum atomic E-state index is 12.6. The molecule has 2 aliphatic heterocycles. The Labute approximate surface area is 115 Å². The zero-order valence-corrected chi connectivity index (χ0v) is 10.9. The van der Waals surface area contributed by atoms with Gasteiger partial charge in [0.25, 0.3) is 5.91 Å². The fraction of sp³-hybridized carbons (Fsp3) is 0.750. The molecular weight excluding hydrogens is 248 g/mol. The number of nitrogens with zero attached hydrogens (tertiary/aromatic N) is 3. The maximum absolute atomic E-state index is 12.6. The predicted molar refractivity (Wildman–Crippen MR) is 68.2 cm³/mol. The van der Waals surface area contributed by atoms with Crippen LogP contribution >= 0.6 is 0 Å². The van der Waals surface area contributed by atoms with E-state index in [2.05, 4.69) is 5.32 Å². The highest BCUT2D eigenvalue weighted by molar-refractivity contribution is 5.86. The Morgan fingerprint density at radius 3 is 2.68 bits per heavy atom. The SMILES string of the molecule is [3H]C1CC(C(=O)N2CC([3H])CN2C(=O)NCC=O)N(C)C1. The molecule has 3 amide bonds. The molecule has 0 saturated carbocycles. The summed E-state index contributed by atoms with van der Waals surface area (Å²) in [6.07, 6.45) is 0.122. The second-order valence-corrected chi connectivity index (χ2v) is 4.62. The Morgan fingerprint density at radius 1 is 1.32 bits per heavy atom. The Hall–Kier alpha value is -1.63. The molecule has 2 rings (SSSR count). The van der Waals surface area contributed by atoms with E-state index in [9.17, 15) is 14.4 Å². The molecule has 0 bridgehead atoms. The quantitative estimate of drug-likeness (QED) is 0.699. The number of hydrogen-bond donors (Lipinski definition) is 1. The van der Waals surface area contributed by atoms with Crippen molar-refractivity contribution in [2.75, 3.05) is 33.2 Å². The molecule has 106 valence electrons. The van der Waals surface area contributed by atoms with Crippen molar-refractivity contribution in [1.29, 1.82) is 0 Å². The summed E-state index contributed by atoms with van der Waals surface area (Å²) in [5.41, 5.74) is 0. The molecule has 2 fully saturated rings. The van der Waals surface area contributed by atoms with E-state index >= 15 is 0 Å². The number of hydrogen-bond acceptors (Lipinski definition) is 4. The smallest absolute Gasteiger partial charge is 0.330 e. The number of amides is 3. The van der Waals surface area contributed by atoms with Crippen LogP contribution in [0.4, 0.5) is 4.79 Å². The molecule has 0 aromatic carbocycles. The minimum absolute atomic E-state index is 0.122. The molecule has 2 aliphatic rings. The largest absolute Gasteiger partial charge is 0.336 e. The topological polar surface area (TPSA) is 73.0 Å². The fourth-order valence-electron chi connectivity index (χ4n) is 2.33. The number of rotatable bonds is 3. The monoisotopic (exact) mass is 272 g/mol. The van der Waals surface area contributed by atoms with Gasteiger partial charge in [-0.1, -0.05) is 0 Å². The van der Waals surface area contributed by atoms with E-state index in [1.54, 1.807) is 11.9 Å². The zero-order chi connectivity index (χ0) is 15.6. The Bertz CT molecular complexity index is 437. The molecular formula is C12H20N4O3. The van der Waals surface area contributed by atoms with Gasteiger partial charge in [-0.3, -0.25) is 9.69 Å². The number of likely N-dealkylation sites (N-methyl/N-ethyl adjacent to an activating group) is 1. The number of hydrazine groups is 1.